The third-order valence-corrected chi connectivity index (χ3v) is 6.61. The summed E-state index contributed by atoms with van der Waals surface area (Å²) in [5.41, 5.74) is 1.48. The Morgan fingerprint density at radius 1 is 1.19 bits per heavy atom. The molecule has 1 aliphatic heterocycles. The number of nitrogens with one attached hydrogen (secondary N) is 3. The molecule has 10 heteroatoms. The normalized spacial score (nSPS) is 14.4. The minimum absolute atomic E-state index is 0.0299. The Labute approximate surface area is 187 Å². The van der Waals surface area contributed by atoms with E-state index < -0.39 is 21.6 Å². The minimum Gasteiger partial charge on any atom is -0.367 e. The van der Waals surface area contributed by atoms with Gasteiger partial charge in [0.15, 0.2) is 0 Å². The van der Waals surface area contributed by atoms with Crippen molar-refractivity contribution in [3.05, 3.63) is 59.7 Å². The summed E-state index contributed by atoms with van der Waals surface area (Å²) < 4.78 is 26.7. The highest BCUT2D eigenvalue weighted by Crippen LogP contribution is 2.25. The van der Waals surface area contributed by atoms with Gasteiger partial charge in [-0.1, -0.05) is 49.2 Å². The molecule has 0 aliphatic carbocycles. The molecular formula is C21H25ClN4O4S. The molecule has 0 radical (unpaired) electrons. The highest BCUT2D eigenvalue weighted by molar-refractivity contribution is 7.90. The lowest BCUT2D eigenvalue weighted by molar-refractivity contribution is 0.0737. The number of alkyl halides is 1. The number of carbonyl (C=O) groups is 2. The van der Waals surface area contributed by atoms with Crippen molar-refractivity contribution in [3.8, 4) is 0 Å². The first-order valence-electron chi connectivity index (χ1n) is 9.99. The Morgan fingerprint density at radius 2 is 1.90 bits per heavy atom. The van der Waals surface area contributed by atoms with Crippen LogP contribution in [0.5, 0.6) is 0 Å². The number of fused-ring (bicyclic) bond motifs is 1. The van der Waals surface area contributed by atoms with E-state index in [1.807, 2.05) is 23.8 Å². The Kier molecular flexibility index (Phi) is 7.40. The zero-order valence-electron chi connectivity index (χ0n) is 17.1. The number of hydrogen-bond donors (Lipinski definition) is 3. The molecule has 0 saturated carbocycles. The van der Waals surface area contributed by atoms with E-state index in [0.29, 0.717) is 18.5 Å². The van der Waals surface area contributed by atoms with Crippen LogP contribution in [0.15, 0.2) is 53.4 Å². The number of nitrogens with zero attached hydrogens (tertiary/aromatic N) is 1. The number of para-hydroxylation sites is 1. The second kappa shape index (κ2) is 10.0. The lowest BCUT2D eigenvalue weighted by atomic mass is 10.1. The number of hydrogen-bond acceptors (Lipinski definition) is 5. The van der Waals surface area contributed by atoms with Crippen molar-refractivity contribution in [2.75, 3.05) is 18.5 Å². The summed E-state index contributed by atoms with van der Waals surface area (Å²) in [6.07, 6.45) is 1.99. The van der Waals surface area contributed by atoms with Gasteiger partial charge in [-0.3, -0.25) is 4.79 Å². The first-order valence-corrected chi connectivity index (χ1v) is 11.9. The van der Waals surface area contributed by atoms with Gasteiger partial charge < -0.3 is 15.5 Å². The van der Waals surface area contributed by atoms with Crippen LogP contribution in [-0.2, 0) is 16.4 Å². The van der Waals surface area contributed by atoms with Gasteiger partial charge in [-0.05, 0) is 36.2 Å². The van der Waals surface area contributed by atoms with Gasteiger partial charge in [0.05, 0.1) is 17.1 Å². The van der Waals surface area contributed by atoms with Crippen molar-refractivity contribution < 1.29 is 18.0 Å². The minimum atomic E-state index is -3.97. The summed E-state index contributed by atoms with van der Waals surface area (Å²) in [4.78, 5) is 26.0. The highest BCUT2D eigenvalue weighted by atomic mass is 35.5. The van der Waals surface area contributed by atoms with Gasteiger partial charge in [-0.15, -0.1) is 0 Å². The molecule has 0 spiro atoms. The van der Waals surface area contributed by atoms with Crippen LogP contribution in [0.25, 0.3) is 0 Å². The number of sulfonamides is 1. The number of amides is 3. The molecule has 2 aromatic rings. The molecule has 2 aromatic carbocycles. The standard InChI is InChI=1S/C21H25ClN4O4S/c1-2-3-12-23-21(28)25-31(29,30)16-10-8-15(9-11-16)13-19(22)26-14-24-18-7-5-4-6-17(18)20(26)27/h4-11,19,24H,2-3,12-14H2,1H3,(H2,23,25,28). The SMILES string of the molecule is CCCCNC(=O)NS(=O)(=O)c1ccc(CC(Cl)N2CNc3ccccc3C2=O)cc1. The molecule has 31 heavy (non-hydrogen) atoms. The molecule has 3 rings (SSSR count). The maximum Gasteiger partial charge on any atom is 0.328 e. The third-order valence-electron chi connectivity index (χ3n) is 4.88. The van der Waals surface area contributed by atoms with Gasteiger partial charge in [0.2, 0.25) is 0 Å². The quantitative estimate of drug-likeness (QED) is 0.316. The Morgan fingerprint density at radius 3 is 2.61 bits per heavy atom. The van der Waals surface area contributed by atoms with Crippen molar-refractivity contribution in [1.29, 1.82) is 0 Å². The van der Waals surface area contributed by atoms with E-state index in [1.165, 1.54) is 17.0 Å². The van der Waals surface area contributed by atoms with E-state index in [9.17, 15) is 18.0 Å². The molecule has 0 saturated heterocycles. The molecule has 1 heterocycles. The van der Waals surface area contributed by atoms with Crippen molar-refractivity contribution in [3.63, 3.8) is 0 Å². The average Bonchev–Trinajstić information content (AvgIpc) is 2.74. The molecule has 0 aromatic heterocycles. The Bertz CT molecular complexity index is 1040. The summed E-state index contributed by atoms with van der Waals surface area (Å²) >= 11 is 6.50. The fraction of sp³-hybridized carbons (Fsp3) is 0.333. The molecule has 0 fully saturated rings. The molecule has 166 valence electrons. The van der Waals surface area contributed by atoms with Crippen molar-refractivity contribution in [1.82, 2.24) is 14.9 Å². The van der Waals surface area contributed by atoms with Crippen LogP contribution < -0.4 is 15.4 Å². The monoisotopic (exact) mass is 464 g/mol. The van der Waals surface area contributed by atoms with Gasteiger partial charge in [0.25, 0.3) is 15.9 Å². The van der Waals surface area contributed by atoms with E-state index in [2.05, 4.69) is 10.6 Å². The number of halogens is 1. The fourth-order valence-electron chi connectivity index (χ4n) is 3.15. The lowest BCUT2D eigenvalue weighted by Crippen LogP contribution is -2.45. The Hall–Kier alpha value is -2.78. The number of unbranched alkanes of at least 4 members (excludes halogenated alkanes) is 1. The largest absolute Gasteiger partial charge is 0.367 e. The maximum atomic E-state index is 12.7. The highest BCUT2D eigenvalue weighted by Gasteiger charge is 2.28. The third kappa shape index (κ3) is 5.68. The van der Waals surface area contributed by atoms with Crippen LogP contribution >= 0.6 is 11.6 Å². The predicted octanol–water partition coefficient (Wildman–Crippen LogP) is 3.11. The number of carbonyl (C=O) groups excluding carboxylic acids is 2. The zero-order valence-corrected chi connectivity index (χ0v) is 18.7. The van der Waals surface area contributed by atoms with Crippen LogP contribution in [0.3, 0.4) is 0 Å². The average molecular weight is 465 g/mol. The molecule has 8 nitrogen and oxygen atoms in total. The van der Waals surface area contributed by atoms with E-state index in [0.717, 1.165) is 24.1 Å². The van der Waals surface area contributed by atoms with Crippen LogP contribution in [0.2, 0.25) is 0 Å². The molecule has 1 unspecified atom stereocenters. The molecule has 3 amide bonds. The van der Waals surface area contributed by atoms with E-state index in [-0.39, 0.29) is 17.5 Å². The van der Waals surface area contributed by atoms with Gasteiger partial charge in [0.1, 0.15) is 5.50 Å². The topological polar surface area (TPSA) is 108 Å². The first-order chi connectivity index (χ1) is 14.8. The van der Waals surface area contributed by atoms with Gasteiger partial charge in [0, 0.05) is 18.7 Å². The summed E-state index contributed by atoms with van der Waals surface area (Å²) in [6.45, 7) is 2.66. The molecular weight excluding hydrogens is 440 g/mol. The van der Waals surface area contributed by atoms with E-state index >= 15 is 0 Å². The van der Waals surface area contributed by atoms with Crippen molar-refractivity contribution in [2.24, 2.45) is 0 Å². The maximum absolute atomic E-state index is 12.7. The smallest absolute Gasteiger partial charge is 0.328 e. The van der Waals surface area contributed by atoms with Gasteiger partial charge in [-0.25, -0.2) is 17.9 Å². The van der Waals surface area contributed by atoms with Crippen LogP contribution in [0.1, 0.15) is 35.7 Å². The second-order valence-electron chi connectivity index (χ2n) is 7.15. The molecule has 3 N–H and O–H groups in total. The van der Waals surface area contributed by atoms with E-state index in [1.54, 1.807) is 24.3 Å². The van der Waals surface area contributed by atoms with Crippen LogP contribution in [0, 0.1) is 0 Å². The lowest BCUT2D eigenvalue weighted by Gasteiger charge is -2.33. The summed E-state index contributed by atoms with van der Waals surface area (Å²) in [5, 5.41) is 5.67. The molecule has 1 aliphatic rings. The molecule has 1 atom stereocenters. The molecule has 0 bridgehead atoms. The van der Waals surface area contributed by atoms with Crippen molar-refractivity contribution in [2.45, 2.75) is 36.6 Å². The zero-order chi connectivity index (χ0) is 22.4. The second-order valence-corrected chi connectivity index (χ2v) is 9.34. The number of urea groups is 1. The van der Waals surface area contributed by atoms with Crippen LogP contribution in [0.4, 0.5) is 10.5 Å². The van der Waals surface area contributed by atoms with Crippen molar-refractivity contribution >= 4 is 39.2 Å². The van der Waals surface area contributed by atoms with Gasteiger partial charge >= 0.3 is 6.03 Å². The first kappa shape index (κ1) is 22.9. The number of rotatable bonds is 8. The van der Waals surface area contributed by atoms with E-state index in [4.69, 9.17) is 11.6 Å². The fourth-order valence-corrected chi connectivity index (χ4v) is 4.42. The number of anilines is 1. The summed E-state index contributed by atoms with van der Waals surface area (Å²) in [6, 6.07) is 12.5. The number of benzene rings is 2. The van der Waals surface area contributed by atoms with Crippen LogP contribution in [-0.4, -0.2) is 44.0 Å². The Balaban J connectivity index is 1.61. The van der Waals surface area contributed by atoms with Gasteiger partial charge in [-0.2, -0.15) is 0 Å². The summed E-state index contributed by atoms with van der Waals surface area (Å²) in [5.74, 6) is -0.160. The summed E-state index contributed by atoms with van der Waals surface area (Å²) in [7, 11) is -3.97. The predicted molar refractivity (Wildman–Crippen MR) is 120 cm³/mol.